The van der Waals surface area contributed by atoms with Gasteiger partial charge in [-0.05, 0) is 136 Å². The van der Waals surface area contributed by atoms with Crippen LogP contribution in [0.4, 0.5) is 0 Å². The molecule has 0 N–H and O–H groups in total. The predicted molar refractivity (Wildman–Crippen MR) is 275 cm³/mol. The molecule has 5 heteroatoms. The summed E-state index contributed by atoms with van der Waals surface area (Å²) in [6.45, 7) is 0.793. The predicted octanol–water partition coefficient (Wildman–Crippen LogP) is 14.9. The van der Waals surface area contributed by atoms with Crippen LogP contribution in [0.5, 0.6) is 11.5 Å². The van der Waals surface area contributed by atoms with Gasteiger partial charge in [0.15, 0.2) is 0 Å². The van der Waals surface area contributed by atoms with E-state index in [1.807, 2.05) is 42.5 Å². The third kappa shape index (κ3) is 7.43. The van der Waals surface area contributed by atoms with Crippen molar-refractivity contribution in [1.82, 2.24) is 14.1 Å². The van der Waals surface area contributed by atoms with Gasteiger partial charge in [-0.2, -0.15) is 0 Å². The number of pyridine rings is 1. The normalized spacial score (nSPS) is 15.4. The fourth-order valence-corrected chi connectivity index (χ4v) is 8.67. The smallest absolute Gasteiger partial charge is 0.269 e. The Kier molecular flexibility index (Phi) is 6.68. The summed E-state index contributed by atoms with van der Waals surface area (Å²) in [5.41, 5.74) is 3.04. The van der Waals surface area contributed by atoms with Gasteiger partial charge in [0.1, 0.15) is 17.3 Å². The maximum absolute atomic E-state index is 9.20. The molecule has 0 aliphatic rings. The Hall–Kier alpha value is -8.46. The number of imidazole rings is 1. The first-order valence-corrected chi connectivity index (χ1v) is 21.4. The first-order valence-electron chi connectivity index (χ1n) is 29.4. The summed E-state index contributed by atoms with van der Waals surface area (Å²) in [4.78, 5) is 4.82. The molecule has 5 nitrogen and oxygen atoms in total. The SMILES string of the molecule is [2H]c1c([2H])c([2H])c(-c2cccc(-c3c([2H])c([2H])c([2H])c([2H])c3[2H])c2-[n+]2[c-]n(-c3cccc(Oc4ccc5c6cc(C#C)ccc6n(-c6cc(C(C)(C)C)ccn6)c5c4)c3)c3ccc(-c4c(C([2H])([2H])[2H])cccc4C([2H])([2H])[2H])cc32)c([2H])c1[2H]. The van der Waals surface area contributed by atoms with Gasteiger partial charge in [-0.3, -0.25) is 13.7 Å². The third-order valence-corrected chi connectivity index (χ3v) is 11.9. The highest BCUT2D eigenvalue weighted by Crippen LogP contribution is 2.39. The standard InChI is InChI=1S/C62H48N4O/c1-7-43-27-31-55-54(35-43)53-30-29-50(39-57(53)66(55)59-37-47(33-34-63-59)62(4,5)6)67-49-24-15-23-48(38-49)64-40-65(58-36-46(28-32-56(58)64)60-41(2)17-14-18-42(60)3)61-51(44-19-10-8-11-20-44)25-16-26-52(61)45-21-12-9-13-22-45/h1,8-39H,2-6H3/i2D3,3D3,8D,9D,10D,11D,12D,13D,19D,20D,21D,22D. The summed E-state index contributed by atoms with van der Waals surface area (Å²) in [6, 6.07) is 29.3. The number of para-hydroxylation sites is 1. The third-order valence-electron chi connectivity index (χ3n) is 11.9. The van der Waals surface area contributed by atoms with Crippen LogP contribution in [0.1, 0.15) is 65.0 Å². The van der Waals surface area contributed by atoms with Crippen molar-refractivity contribution in [2.24, 2.45) is 0 Å². The second-order valence-electron chi connectivity index (χ2n) is 17.0. The van der Waals surface area contributed by atoms with Crippen molar-refractivity contribution in [3.63, 3.8) is 0 Å². The molecule has 0 saturated heterocycles. The van der Waals surface area contributed by atoms with Crippen molar-refractivity contribution in [3.8, 4) is 74.4 Å². The lowest BCUT2D eigenvalue weighted by molar-refractivity contribution is -0.571. The molecule has 0 aliphatic heterocycles. The molecule has 0 aliphatic carbocycles. The fraction of sp³-hybridized carbons (Fsp3) is 0.0968. The highest BCUT2D eigenvalue weighted by Gasteiger charge is 2.22. The zero-order valence-electron chi connectivity index (χ0n) is 52.5. The number of benzene rings is 8. The van der Waals surface area contributed by atoms with Crippen molar-refractivity contribution >= 4 is 32.8 Å². The van der Waals surface area contributed by atoms with Crippen LogP contribution in [-0.4, -0.2) is 14.1 Å². The van der Waals surface area contributed by atoms with Gasteiger partial charge in [-0.25, -0.2) is 4.98 Å². The lowest BCUT2D eigenvalue weighted by Crippen LogP contribution is -2.31. The Morgan fingerprint density at radius 3 is 2.04 bits per heavy atom. The van der Waals surface area contributed by atoms with E-state index in [0.29, 0.717) is 34.1 Å². The Labute approximate surface area is 414 Å². The summed E-state index contributed by atoms with van der Waals surface area (Å²) in [6.07, 6.45) is 11.0. The zero-order valence-corrected chi connectivity index (χ0v) is 36.5. The Balaban J connectivity index is 1.18. The first kappa shape index (κ1) is 27.1. The highest BCUT2D eigenvalue weighted by atomic mass is 16.5. The Morgan fingerprint density at radius 2 is 1.34 bits per heavy atom. The van der Waals surface area contributed by atoms with E-state index in [9.17, 15) is 5.48 Å². The molecule has 3 aromatic heterocycles. The molecule has 0 fully saturated rings. The Bertz CT molecular complexity index is 4400. The van der Waals surface area contributed by atoms with Gasteiger partial charge < -0.3 is 4.74 Å². The topological polar surface area (TPSA) is 35.9 Å². The lowest BCUT2D eigenvalue weighted by Gasteiger charge is -2.20. The molecule has 0 unspecified atom stereocenters. The summed E-state index contributed by atoms with van der Waals surface area (Å²) < 4.78 is 152. The van der Waals surface area contributed by atoms with E-state index < -0.39 is 74.1 Å². The minimum Gasteiger partial charge on any atom is -0.458 e. The summed E-state index contributed by atoms with van der Waals surface area (Å²) in [5, 5.41) is 1.82. The molecule has 0 spiro atoms. The van der Waals surface area contributed by atoms with Crippen LogP contribution in [0.25, 0.3) is 83.4 Å². The highest BCUT2D eigenvalue weighted by molar-refractivity contribution is 6.10. The number of hydrogen-bond donors (Lipinski definition) is 0. The van der Waals surface area contributed by atoms with Gasteiger partial charge in [0.05, 0.1) is 47.1 Å². The van der Waals surface area contributed by atoms with Crippen LogP contribution in [-0.2, 0) is 5.41 Å². The minimum absolute atomic E-state index is 0.0381. The molecule has 67 heavy (non-hydrogen) atoms. The quantitative estimate of drug-likeness (QED) is 0.0866. The van der Waals surface area contributed by atoms with Crippen molar-refractivity contribution in [3.05, 3.63) is 223 Å². The molecule has 11 rings (SSSR count). The maximum Gasteiger partial charge on any atom is 0.269 e. The van der Waals surface area contributed by atoms with E-state index in [0.717, 1.165) is 27.4 Å². The second-order valence-corrected chi connectivity index (χ2v) is 17.0. The van der Waals surface area contributed by atoms with Gasteiger partial charge in [-0.1, -0.05) is 142 Å². The van der Waals surface area contributed by atoms with Crippen molar-refractivity contribution in [2.75, 3.05) is 0 Å². The minimum atomic E-state index is -2.80. The van der Waals surface area contributed by atoms with Gasteiger partial charge >= 0.3 is 0 Å². The zero-order chi connectivity index (χ0) is 59.5. The first-order chi connectivity index (χ1) is 39.2. The second kappa shape index (κ2) is 16.5. The van der Waals surface area contributed by atoms with Gasteiger partial charge in [0.2, 0.25) is 0 Å². The average Bonchev–Trinajstić information content (AvgIpc) is 2.00. The number of aromatic nitrogens is 4. The van der Waals surface area contributed by atoms with Gasteiger partial charge in [0.25, 0.3) is 6.33 Å². The number of aryl methyl sites for hydroxylation is 2. The molecule has 0 bridgehead atoms. The van der Waals surface area contributed by atoms with Crippen molar-refractivity contribution < 1.29 is 31.2 Å². The summed E-state index contributed by atoms with van der Waals surface area (Å²) in [5.74, 6) is 4.25. The average molecular weight is 881 g/mol. The maximum atomic E-state index is 9.20. The van der Waals surface area contributed by atoms with E-state index in [-0.39, 0.29) is 61.1 Å². The van der Waals surface area contributed by atoms with E-state index in [2.05, 4.69) is 43.7 Å². The van der Waals surface area contributed by atoms with E-state index >= 15 is 0 Å². The number of ether oxygens (including phenoxy) is 1. The van der Waals surface area contributed by atoms with E-state index in [1.54, 1.807) is 53.2 Å². The molecule has 0 amide bonds. The van der Waals surface area contributed by atoms with Crippen LogP contribution in [0.15, 0.2) is 194 Å². The largest absolute Gasteiger partial charge is 0.458 e. The molecular weight excluding hydrogens is 817 g/mol. The van der Waals surface area contributed by atoms with Crippen LogP contribution in [0, 0.1) is 32.4 Å². The molecule has 0 radical (unpaired) electrons. The molecular formula is C62H48N4O. The fourth-order valence-electron chi connectivity index (χ4n) is 8.67. The van der Waals surface area contributed by atoms with Crippen LogP contribution in [0.3, 0.4) is 0 Å². The molecule has 322 valence electrons. The molecule has 0 atom stereocenters. The molecule has 11 aromatic rings. The number of hydrogen-bond acceptors (Lipinski definition) is 2. The van der Waals surface area contributed by atoms with E-state index in [1.165, 1.54) is 41.0 Å². The number of fused-ring (bicyclic) bond motifs is 4. The Morgan fingerprint density at radius 1 is 0.657 bits per heavy atom. The van der Waals surface area contributed by atoms with Crippen LogP contribution >= 0.6 is 0 Å². The van der Waals surface area contributed by atoms with Crippen molar-refractivity contribution in [2.45, 2.75) is 39.9 Å². The van der Waals surface area contributed by atoms with Gasteiger partial charge in [-0.15, -0.1) is 6.42 Å². The van der Waals surface area contributed by atoms with Gasteiger partial charge in [0, 0.05) is 36.8 Å². The number of terminal acetylenes is 1. The molecule has 0 saturated carbocycles. The lowest BCUT2D eigenvalue weighted by atomic mass is 9.88. The molecule has 8 aromatic carbocycles. The van der Waals surface area contributed by atoms with Crippen LogP contribution < -0.4 is 9.30 Å². The summed E-state index contributed by atoms with van der Waals surface area (Å²) >= 11 is 0. The van der Waals surface area contributed by atoms with Crippen LogP contribution in [0.2, 0.25) is 0 Å². The van der Waals surface area contributed by atoms with E-state index in [4.69, 9.17) is 32.6 Å². The number of nitrogens with zero attached hydrogens (tertiary/aromatic N) is 4. The molecule has 3 heterocycles. The van der Waals surface area contributed by atoms with Crippen molar-refractivity contribution in [1.29, 1.82) is 0 Å². The monoisotopic (exact) mass is 880 g/mol. The number of rotatable bonds is 8. The summed E-state index contributed by atoms with van der Waals surface area (Å²) in [7, 11) is 0.